The number of fused-ring (bicyclic) bond motifs is 1. The Labute approximate surface area is 195 Å². The maximum absolute atomic E-state index is 12.7. The number of para-hydroxylation sites is 2. The van der Waals surface area contributed by atoms with Crippen LogP contribution in [0.4, 0.5) is 5.69 Å². The zero-order valence-electron chi connectivity index (χ0n) is 17.9. The number of amides is 1. The molecule has 9 heteroatoms. The van der Waals surface area contributed by atoms with Gasteiger partial charge in [-0.1, -0.05) is 47.7 Å². The number of nitrogens with one attached hydrogen (secondary N) is 1. The molecule has 0 unspecified atom stereocenters. The second-order valence-electron chi connectivity index (χ2n) is 7.68. The molecule has 2 heterocycles. The molecule has 0 bridgehead atoms. The fourth-order valence-corrected chi connectivity index (χ4v) is 4.04. The molecule has 0 spiro atoms. The van der Waals surface area contributed by atoms with E-state index in [4.69, 9.17) is 17.3 Å². The predicted octanol–water partition coefficient (Wildman–Crippen LogP) is 4.14. The van der Waals surface area contributed by atoms with Crippen LogP contribution >= 0.6 is 12.2 Å². The lowest BCUT2D eigenvalue weighted by molar-refractivity contribution is -0.116. The van der Waals surface area contributed by atoms with Crippen molar-refractivity contribution in [2.45, 2.75) is 20.0 Å². The zero-order valence-corrected chi connectivity index (χ0v) is 18.7. The van der Waals surface area contributed by atoms with Crippen LogP contribution in [0.1, 0.15) is 11.4 Å². The van der Waals surface area contributed by atoms with Gasteiger partial charge in [0.2, 0.25) is 10.7 Å². The van der Waals surface area contributed by atoms with E-state index in [0.29, 0.717) is 17.1 Å². The molecule has 5 aromatic rings. The number of aromatic nitrogens is 6. The van der Waals surface area contributed by atoms with Crippen LogP contribution in [0, 0.1) is 11.7 Å². The van der Waals surface area contributed by atoms with Crippen molar-refractivity contribution < 1.29 is 4.79 Å². The smallest absolute Gasteiger partial charge is 0.246 e. The van der Waals surface area contributed by atoms with Crippen molar-refractivity contribution in [3.05, 3.63) is 95.0 Å². The highest BCUT2D eigenvalue weighted by molar-refractivity contribution is 7.71. The number of hydrogen-bond donors (Lipinski definition) is 1. The average Bonchev–Trinajstić information content (AvgIpc) is 3.35. The lowest BCUT2D eigenvalue weighted by atomic mass is 10.2. The van der Waals surface area contributed by atoms with Crippen LogP contribution < -0.4 is 5.32 Å². The van der Waals surface area contributed by atoms with Gasteiger partial charge in [0.1, 0.15) is 18.6 Å². The van der Waals surface area contributed by atoms with E-state index < -0.39 is 0 Å². The van der Waals surface area contributed by atoms with E-state index in [1.807, 2.05) is 90.4 Å². The highest BCUT2D eigenvalue weighted by Crippen LogP contribution is 2.17. The van der Waals surface area contributed by atoms with Crippen molar-refractivity contribution in [1.29, 1.82) is 0 Å². The standard InChI is InChI=1S/C24H21N7OS/c1-17-8-7-9-18(14-17)25-23(32)16-30-24(33)31(19-10-3-2-4-11-19)22(27-30)15-29-21-13-6-5-12-20(21)26-28-29/h2-14H,15-16H2,1H3,(H,25,32). The van der Waals surface area contributed by atoms with Gasteiger partial charge in [-0.15, -0.1) is 5.10 Å². The van der Waals surface area contributed by atoms with Crippen LogP contribution in [0.3, 0.4) is 0 Å². The SMILES string of the molecule is Cc1cccc(NC(=O)Cn2nc(Cn3nnc4ccccc43)n(-c3ccccc3)c2=S)c1. The summed E-state index contributed by atoms with van der Waals surface area (Å²) in [6.07, 6.45) is 0. The van der Waals surface area contributed by atoms with E-state index in [9.17, 15) is 4.79 Å². The number of rotatable bonds is 6. The maximum atomic E-state index is 12.7. The third-order valence-corrected chi connectivity index (χ3v) is 5.62. The minimum Gasteiger partial charge on any atom is -0.324 e. The molecule has 0 atom stereocenters. The highest BCUT2D eigenvalue weighted by Gasteiger charge is 2.17. The quantitative estimate of drug-likeness (QED) is 0.389. The Bertz CT molecular complexity index is 1500. The highest BCUT2D eigenvalue weighted by atomic mass is 32.1. The van der Waals surface area contributed by atoms with Gasteiger partial charge in [0, 0.05) is 11.4 Å². The van der Waals surface area contributed by atoms with Gasteiger partial charge in [-0.25, -0.2) is 9.36 Å². The summed E-state index contributed by atoms with van der Waals surface area (Å²) in [6, 6.07) is 25.1. The molecular weight excluding hydrogens is 434 g/mol. The molecule has 0 radical (unpaired) electrons. The van der Waals surface area contributed by atoms with E-state index in [1.165, 1.54) is 0 Å². The van der Waals surface area contributed by atoms with E-state index in [0.717, 1.165) is 28.0 Å². The van der Waals surface area contributed by atoms with Crippen molar-refractivity contribution in [1.82, 2.24) is 29.3 Å². The molecule has 1 N–H and O–H groups in total. The molecule has 0 aliphatic rings. The molecular formula is C24H21N7OS. The van der Waals surface area contributed by atoms with Gasteiger partial charge in [0.05, 0.1) is 5.52 Å². The number of benzene rings is 3. The normalized spacial score (nSPS) is 11.1. The fraction of sp³-hybridized carbons (Fsp3) is 0.125. The minimum atomic E-state index is -0.202. The van der Waals surface area contributed by atoms with Crippen LogP contribution in [0.25, 0.3) is 16.7 Å². The number of anilines is 1. The van der Waals surface area contributed by atoms with Gasteiger partial charge < -0.3 is 5.32 Å². The molecule has 0 saturated heterocycles. The van der Waals surface area contributed by atoms with Crippen LogP contribution in [0.5, 0.6) is 0 Å². The zero-order chi connectivity index (χ0) is 22.8. The first-order valence-electron chi connectivity index (χ1n) is 10.5. The molecule has 5 rings (SSSR count). The molecule has 164 valence electrons. The van der Waals surface area contributed by atoms with Gasteiger partial charge in [0.25, 0.3) is 0 Å². The number of carbonyl (C=O) groups is 1. The number of hydrogen-bond acceptors (Lipinski definition) is 5. The molecule has 8 nitrogen and oxygen atoms in total. The Morgan fingerprint density at radius 3 is 2.58 bits per heavy atom. The van der Waals surface area contributed by atoms with Crippen molar-refractivity contribution in [2.75, 3.05) is 5.32 Å². The summed E-state index contributed by atoms with van der Waals surface area (Å²) in [5.41, 5.74) is 4.38. The summed E-state index contributed by atoms with van der Waals surface area (Å²) in [7, 11) is 0. The van der Waals surface area contributed by atoms with Gasteiger partial charge >= 0.3 is 0 Å². The molecule has 1 amide bonds. The topological polar surface area (TPSA) is 82.6 Å². The lowest BCUT2D eigenvalue weighted by Gasteiger charge is -2.07. The summed E-state index contributed by atoms with van der Waals surface area (Å²) in [4.78, 5) is 12.7. The first-order chi connectivity index (χ1) is 16.1. The average molecular weight is 456 g/mol. The summed E-state index contributed by atoms with van der Waals surface area (Å²) in [5.74, 6) is 0.456. The Balaban J connectivity index is 1.49. The molecule has 2 aromatic heterocycles. The fourth-order valence-electron chi connectivity index (χ4n) is 3.72. The maximum Gasteiger partial charge on any atom is 0.246 e. The largest absolute Gasteiger partial charge is 0.324 e. The summed E-state index contributed by atoms with van der Waals surface area (Å²) < 4.78 is 5.62. The van der Waals surface area contributed by atoms with E-state index in [1.54, 1.807) is 9.36 Å². The third kappa shape index (κ3) is 4.31. The van der Waals surface area contributed by atoms with E-state index in [-0.39, 0.29) is 12.5 Å². The molecule has 0 aliphatic carbocycles. The van der Waals surface area contributed by atoms with E-state index >= 15 is 0 Å². The Morgan fingerprint density at radius 2 is 1.76 bits per heavy atom. The molecule has 0 fully saturated rings. The first kappa shape index (κ1) is 20.8. The number of carbonyl (C=O) groups excluding carboxylic acids is 1. The first-order valence-corrected chi connectivity index (χ1v) is 10.9. The monoisotopic (exact) mass is 455 g/mol. The molecule has 0 saturated carbocycles. The van der Waals surface area contributed by atoms with Crippen molar-refractivity contribution in [2.24, 2.45) is 0 Å². The Morgan fingerprint density at radius 1 is 0.970 bits per heavy atom. The molecule has 0 aliphatic heterocycles. The third-order valence-electron chi connectivity index (χ3n) is 5.23. The Hall–Kier alpha value is -4.11. The molecule has 33 heavy (non-hydrogen) atoms. The van der Waals surface area contributed by atoms with Gasteiger partial charge in [0.15, 0.2) is 5.82 Å². The van der Waals surface area contributed by atoms with Crippen LogP contribution in [0.15, 0.2) is 78.9 Å². The van der Waals surface area contributed by atoms with Crippen molar-refractivity contribution in [3.63, 3.8) is 0 Å². The summed E-state index contributed by atoms with van der Waals surface area (Å²) >= 11 is 5.73. The van der Waals surface area contributed by atoms with Gasteiger partial charge in [-0.3, -0.25) is 9.36 Å². The second kappa shape index (κ2) is 8.79. The summed E-state index contributed by atoms with van der Waals surface area (Å²) in [5, 5.41) is 16.1. The predicted molar refractivity (Wildman–Crippen MR) is 129 cm³/mol. The molecule has 3 aromatic carbocycles. The van der Waals surface area contributed by atoms with E-state index in [2.05, 4.69) is 15.6 Å². The van der Waals surface area contributed by atoms with Crippen molar-refractivity contribution in [3.8, 4) is 5.69 Å². The number of aryl methyl sites for hydroxylation is 1. The van der Waals surface area contributed by atoms with Crippen LogP contribution in [0.2, 0.25) is 0 Å². The lowest BCUT2D eigenvalue weighted by Crippen LogP contribution is -2.20. The van der Waals surface area contributed by atoms with Crippen molar-refractivity contribution >= 4 is 34.8 Å². The Kier molecular flexibility index (Phi) is 5.54. The second-order valence-corrected chi connectivity index (χ2v) is 8.05. The minimum absolute atomic E-state index is 0.00227. The summed E-state index contributed by atoms with van der Waals surface area (Å²) in [6.45, 7) is 2.33. The van der Waals surface area contributed by atoms with Crippen LogP contribution in [-0.2, 0) is 17.9 Å². The van der Waals surface area contributed by atoms with Gasteiger partial charge in [-0.05, 0) is 61.1 Å². The van der Waals surface area contributed by atoms with Gasteiger partial charge in [-0.2, -0.15) is 5.10 Å². The number of nitrogens with zero attached hydrogens (tertiary/aromatic N) is 6. The van der Waals surface area contributed by atoms with Crippen LogP contribution in [-0.4, -0.2) is 35.2 Å².